The Kier molecular flexibility index (Phi) is 7.32. The first kappa shape index (κ1) is 24.4. The molecule has 2 aliphatic rings. The number of aromatic nitrogens is 2. The molecular weight excluding hydrogens is 456 g/mol. The maximum Gasteiger partial charge on any atom is 0.162 e. The number of para-hydroxylation sites is 2. The molecule has 0 radical (unpaired) electrons. The van der Waals surface area contributed by atoms with Crippen molar-refractivity contribution < 1.29 is 18.9 Å². The van der Waals surface area contributed by atoms with Gasteiger partial charge in [0.05, 0.1) is 38.6 Å². The van der Waals surface area contributed by atoms with Crippen molar-refractivity contribution in [3.63, 3.8) is 0 Å². The molecule has 1 aliphatic carbocycles. The molecule has 0 N–H and O–H groups in total. The van der Waals surface area contributed by atoms with E-state index in [1.807, 2.05) is 24.3 Å². The van der Waals surface area contributed by atoms with Gasteiger partial charge in [-0.25, -0.2) is 9.97 Å². The van der Waals surface area contributed by atoms with Crippen LogP contribution >= 0.6 is 0 Å². The van der Waals surface area contributed by atoms with Gasteiger partial charge in [0.15, 0.2) is 11.5 Å². The van der Waals surface area contributed by atoms with Crippen molar-refractivity contribution >= 4 is 22.4 Å². The lowest BCUT2D eigenvalue weighted by Gasteiger charge is -2.38. The molecule has 0 spiro atoms. The molecule has 1 aromatic heterocycles. The summed E-state index contributed by atoms with van der Waals surface area (Å²) in [6.07, 6.45) is 4.51. The first-order valence-corrected chi connectivity index (χ1v) is 12.7. The molecule has 0 amide bonds. The summed E-state index contributed by atoms with van der Waals surface area (Å²) in [4.78, 5) is 15.0. The van der Waals surface area contributed by atoms with Gasteiger partial charge in [0.25, 0.3) is 0 Å². The zero-order valence-corrected chi connectivity index (χ0v) is 21.7. The third-order valence-corrected chi connectivity index (χ3v) is 7.58. The van der Waals surface area contributed by atoms with Crippen LogP contribution in [0.3, 0.4) is 0 Å². The number of benzene rings is 2. The summed E-state index contributed by atoms with van der Waals surface area (Å²) >= 11 is 0. The van der Waals surface area contributed by atoms with E-state index in [0.717, 1.165) is 85.8 Å². The van der Waals surface area contributed by atoms with Crippen molar-refractivity contribution in [2.45, 2.75) is 37.7 Å². The van der Waals surface area contributed by atoms with Crippen molar-refractivity contribution in [1.29, 1.82) is 0 Å². The van der Waals surface area contributed by atoms with Gasteiger partial charge in [-0.15, -0.1) is 0 Å². The Labute approximate surface area is 213 Å². The number of anilines is 2. The van der Waals surface area contributed by atoms with Gasteiger partial charge >= 0.3 is 0 Å². The van der Waals surface area contributed by atoms with Gasteiger partial charge in [0.1, 0.15) is 17.4 Å². The number of hydrogen-bond acceptors (Lipinski definition) is 8. The number of fused-ring (bicyclic) bond motifs is 1. The minimum atomic E-state index is 0.336. The van der Waals surface area contributed by atoms with E-state index in [1.54, 1.807) is 28.4 Å². The van der Waals surface area contributed by atoms with Gasteiger partial charge in [0, 0.05) is 50.7 Å². The summed E-state index contributed by atoms with van der Waals surface area (Å²) in [6.45, 7) is 3.48. The van der Waals surface area contributed by atoms with E-state index in [0.29, 0.717) is 23.5 Å². The van der Waals surface area contributed by atoms with Gasteiger partial charge in [-0.3, -0.25) is 0 Å². The standard InChI is InChI=1S/C28H36N4O4/c1-33-20-11-9-19(10-12-20)27-29-22-18-26(36-4)25(35-3)17-21(22)28(30-27)32-15-13-31(14-16-32)23-7-5-6-8-24(23)34-2/h5-8,17-20H,9-16H2,1-4H3. The fraction of sp³-hybridized carbons (Fsp3) is 0.500. The molecule has 1 saturated heterocycles. The van der Waals surface area contributed by atoms with Crippen LogP contribution in [0.5, 0.6) is 17.2 Å². The summed E-state index contributed by atoms with van der Waals surface area (Å²) in [5.41, 5.74) is 2.03. The van der Waals surface area contributed by atoms with Crippen LogP contribution in [0, 0.1) is 0 Å². The van der Waals surface area contributed by atoms with Crippen LogP contribution in [0.2, 0.25) is 0 Å². The summed E-state index contributed by atoms with van der Waals surface area (Å²) in [5, 5.41) is 0.993. The van der Waals surface area contributed by atoms with Crippen LogP contribution in [0.15, 0.2) is 36.4 Å². The average molecular weight is 493 g/mol. The Morgan fingerprint density at radius 3 is 2.03 bits per heavy atom. The molecular formula is C28H36N4O4. The smallest absolute Gasteiger partial charge is 0.162 e. The van der Waals surface area contributed by atoms with E-state index in [4.69, 9.17) is 28.9 Å². The minimum absolute atomic E-state index is 0.336. The molecule has 1 aliphatic heterocycles. The van der Waals surface area contributed by atoms with Gasteiger partial charge in [-0.1, -0.05) is 12.1 Å². The lowest BCUT2D eigenvalue weighted by atomic mass is 9.86. The zero-order chi connectivity index (χ0) is 25.1. The second-order valence-electron chi connectivity index (χ2n) is 9.49. The van der Waals surface area contributed by atoms with Gasteiger partial charge < -0.3 is 28.7 Å². The summed E-state index contributed by atoms with van der Waals surface area (Å²) in [5.74, 6) is 4.52. The summed E-state index contributed by atoms with van der Waals surface area (Å²) in [7, 11) is 6.86. The molecule has 8 heteroatoms. The van der Waals surface area contributed by atoms with Crippen LogP contribution < -0.4 is 24.0 Å². The topological polar surface area (TPSA) is 69.2 Å². The zero-order valence-electron chi connectivity index (χ0n) is 21.7. The third-order valence-electron chi connectivity index (χ3n) is 7.58. The van der Waals surface area contributed by atoms with Crippen LogP contribution in [0.1, 0.15) is 37.4 Å². The van der Waals surface area contributed by atoms with E-state index in [1.165, 1.54) is 0 Å². The second-order valence-corrected chi connectivity index (χ2v) is 9.49. The Bertz CT molecular complexity index is 1190. The summed E-state index contributed by atoms with van der Waals surface area (Å²) in [6, 6.07) is 12.2. The van der Waals surface area contributed by atoms with Gasteiger partial charge in [-0.2, -0.15) is 0 Å². The lowest BCUT2D eigenvalue weighted by molar-refractivity contribution is 0.0651. The fourth-order valence-corrected chi connectivity index (χ4v) is 5.49. The molecule has 8 nitrogen and oxygen atoms in total. The van der Waals surface area contributed by atoms with E-state index in [9.17, 15) is 0 Å². The maximum atomic E-state index is 5.62. The van der Waals surface area contributed by atoms with E-state index in [2.05, 4.69) is 21.9 Å². The highest BCUT2D eigenvalue weighted by atomic mass is 16.5. The highest BCUT2D eigenvalue weighted by Crippen LogP contribution is 2.39. The molecule has 3 aromatic rings. The fourth-order valence-electron chi connectivity index (χ4n) is 5.49. The molecule has 2 fully saturated rings. The average Bonchev–Trinajstić information content (AvgIpc) is 2.95. The Hall–Kier alpha value is -3.26. The van der Waals surface area contributed by atoms with E-state index >= 15 is 0 Å². The lowest BCUT2D eigenvalue weighted by Crippen LogP contribution is -2.47. The van der Waals surface area contributed by atoms with Crippen molar-refractivity contribution in [3.05, 3.63) is 42.2 Å². The van der Waals surface area contributed by atoms with Crippen LogP contribution in [-0.4, -0.2) is 70.7 Å². The molecule has 5 rings (SSSR count). The Morgan fingerprint density at radius 2 is 1.36 bits per heavy atom. The molecule has 36 heavy (non-hydrogen) atoms. The largest absolute Gasteiger partial charge is 0.495 e. The highest BCUT2D eigenvalue weighted by molar-refractivity contribution is 5.92. The molecule has 2 heterocycles. The van der Waals surface area contributed by atoms with Crippen molar-refractivity contribution in [2.75, 3.05) is 64.4 Å². The first-order valence-electron chi connectivity index (χ1n) is 12.7. The highest BCUT2D eigenvalue weighted by Gasteiger charge is 2.28. The SMILES string of the molecule is COc1cc2nc(C3CCC(OC)CC3)nc(N3CCN(c4ccccc4OC)CC3)c2cc1OC. The molecule has 0 unspecified atom stereocenters. The Balaban J connectivity index is 1.48. The number of methoxy groups -OCH3 is 4. The predicted octanol–water partition coefficient (Wildman–Crippen LogP) is 4.65. The molecule has 192 valence electrons. The Morgan fingerprint density at radius 1 is 0.722 bits per heavy atom. The molecule has 2 aromatic carbocycles. The van der Waals surface area contributed by atoms with Crippen LogP contribution in [-0.2, 0) is 4.74 Å². The van der Waals surface area contributed by atoms with Gasteiger partial charge in [0.2, 0.25) is 0 Å². The number of piperazine rings is 1. The monoisotopic (exact) mass is 492 g/mol. The summed E-state index contributed by atoms with van der Waals surface area (Å²) < 4.78 is 22.4. The second kappa shape index (κ2) is 10.8. The molecule has 0 bridgehead atoms. The van der Waals surface area contributed by atoms with Gasteiger partial charge in [-0.05, 0) is 43.9 Å². The maximum absolute atomic E-state index is 5.62. The number of rotatable bonds is 7. The van der Waals surface area contributed by atoms with E-state index < -0.39 is 0 Å². The predicted molar refractivity (Wildman–Crippen MR) is 142 cm³/mol. The number of nitrogens with zero attached hydrogens (tertiary/aromatic N) is 4. The minimum Gasteiger partial charge on any atom is -0.495 e. The number of ether oxygens (including phenoxy) is 4. The van der Waals surface area contributed by atoms with Crippen molar-refractivity contribution in [1.82, 2.24) is 9.97 Å². The van der Waals surface area contributed by atoms with Crippen molar-refractivity contribution in [2.24, 2.45) is 0 Å². The van der Waals surface area contributed by atoms with Crippen LogP contribution in [0.25, 0.3) is 10.9 Å². The molecule has 0 atom stereocenters. The van der Waals surface area contributed by atoms with Crippen molar-refractivity contribution in [3.8, 4) is 17.2 Å². The third kappa shape index (κ3) is 4.74. The quantitative estimate of drug-likeness (QED) is 0.472. The first-order chi connectivity index (χ1) is 17.6. The van der Waals surface area contributed by atoms with E-state index in [-0.39, 0.29) is 0 Å². The molecule has 1 saturated carbocycles. The van der Waals surface area contributed by atoms with Crippen LogP contribution in [0.4, 0.5) is 11.5 Å². The number of hydrogen-bond donors (Lipinski definition) is 0. The normalized spacial score (nSPS) is 20.4.